The normalized spacial score (nSPS) is 19.4. The van der Waals surface area contributed by atoms with Crippen LogP contribution >= 0.6 is 34.7 Å². The van der Waals surface area contributed by atoms with Crippen LogP contribution in [0.5, 0.6) is 0 Å². The maximum absolute atomic E-state index is 14.4. The molecule has 23 heteroatoms. The number of amides is 3. The smallest absolute Gasteiger partial charge is 0.243 e. The van der Waals surface area contributed by atoms with Gasteiger partial charge in [0.1, 0.15) is 17.6 Å². The van der Waals surface area contributed by atoms with Gasteiger partial charge >= 0.3 is 0 Å². The van der Waals surface area contributed by atoms with Gasteiger partial charge in [0.05, 0.1) is 51.2 Å². The Balaban J connectivity index is 0.663. The van der Waals surface area contributed by atoms with E-state index in [1.807, 2.05) is 119 Å². The van der Waals surface area contributed by atoms with Gasteiger partial charge < -0.3 is 29.9 Å². The molecule has 6 aromatic rings. The van der Waals surface area contributed by atoms with E-state index in [0.717, 1.165) is 154 Å². The molecule has 3 fully saturated rings. The number of aryl methyl sites for hydroxylation is 1. The van der Waals surface area contributed by atoms with Gasteiger partial charge in [0.2, 0.25) is 17.7 Å². The summed E-state index contributed by atoms with van der Waals surface area (Å²) in [5.74, 6) is -1.70. The van der Waals surface area contributed by atoms with Crippen molar-refractivity contribution in [1.82, 2.24) is 29.9 Å². The van der Waals surface area contributed by atoms with E-state index in [0.29, 0.717) is 56.0 Å². The maximum Gasteiger partial charge on any atom is 0.243 e. The Hall–Kier alpha value is -6.60. The molecule has 106 heavy (non-hydrogen) atoms. The molecule has 4 aliphatic rings. The van der Waals surface area contributed by atoms with E-state index in [1.165, 1.54) is 28.2 Å². The predicted octanol–water partition coefficient (Wildman–Crippen LogP) is 13.9. The molecule has 18 nitrogen and oxygen atoms in total. The Bertz CT molecular complexity index is 4250. The number of carbonyl (C=O) groups excluding carboxylic acids is 5. The Kier molecular flexibility index (Phi) is 28.7. The predicted molar refractivity (Wildman–Crippen MR) is 425 cm³/mol. The van der Waals surface area contributed by atoms with Crippen LogP contribution in [-0.4, -0.2) is 191 Å². The highest BCUT2D eigenvalue weighted by molar-refractivity contribution is 7.99. The molecule has 10 rings (SSSR count). The van der Waals surface area contributed by atoms with E-state index in [2.05, 4.69) is 56.2 Å². The summed E-state index contributed by atoms with van der Waals surface area (Å²) in [6.07, 6.45) is 9.08. The van der Waals surface area contributed by atoms with Crippen LogP contribution in [0.25, 0.3) is 16.0 Å². The summed E-state index contributed by atoms with van der Waals surface area (Å²) in [7, 11) is -6.16. The number of unbranched alkanes of at least 4 members (excludes halogenated alkanes) is 4. The Labute approximate surface area is 642 Å². The summed E-state index contributed by atoms with van der Waals surface area (Å²) in [4.78, 5) is 86.3. The van der Waals surface area contributed by atoms with E-state index in [9.17, 15) is 45.9 Å². The number of thiazole rings is 1. The minimum Gasteiger partial charge on any atom is -0.391 e. The zero-order valence-corrected chi connectivity index (χ0v) is 67.1. The number of aliphatic hydroxyl groups excluding tert-OH is 1. The number of sulfone groups is 2. The minimum absolute atomic E-state index is 0.000649. The third-order valence-corrected chi connectivity index (χ3v) is 27.0. The molecule has 0 spiro atoms. The summed E-state index contributed by atoms with van der Waals surface area (Å²) in [5, 5.41) is 14.6. The molecule has 1 aromatic heterocycles. The maximum atomic E-state index is 14.4. The average Bonchev–Trinajstić information content (AvgIpc) is 1.14. The number of benzene rings is 5. The van der Waals surface area contributed by atoms with Crippen LogP contribution < -0.4 is 10.2 Å². The first-order valence-corrected chi connectivity index (χ1v) is 43.4. The molecule has 4 heterocycles. The Morgan fingerprint density at radius 3 is 2.16 bits per heavy atom. The fraction of sp³-hybridized carbons (Fsp3) is 0.518. The van der Waals surface area contributed by atoms with Crippen molar-refractivity contribution in [1.29, 1.82) is 0 Å². The zero-order chi connectivity index (χ0) is 75.9. The highest BCUT2D eigenvalue weighted by Crippen LogP contribution is 2.45. The second-order valence-electron chi connectivity index (χ2n) is 31.2. The number of carbonyl (C=O) groups is 5. The fourth-order valence-electron chi connectivity index (χ4n) is 15.4. The van der Waals surface area contributed by atoms with Crippen LogP contribution in [0, 0.1) is 29.6 Å². The van der Waals surface area contributed by atoms with Crippen molar-refractivity contribution in [2.45, 2.75) is 164 Å². The number of morpholine rings is 1. The molecule has 5 aromatic carbocycles. The third kappa shape index (κ3) is 22.8. The number of anilines is 1. The number of aromatic nitrogens is 1. The van der Waals surface area contributed by atoms with Gasteiger partial charge in [0, 0.05) is 131 Å². The molecular formula is C83H108ClN7O11S4. The lowest BCUT2D eigenvalue weighted by Gasteiger charge is -2.42. The molecule has 1 unspecified atom stereocenters. The van der Waals surface area contributed by atoms with Crippen LogP contribution in [0.3, 0.4) is 0 Å². The van der Waals surface area contributed by atoms with Crippen molar-refractivity contribution in [2.75, 3.05) is 108 Å². The van der Waals surface area contributed by atoms with Gasteiger partial charge in [-0.1, -0.05) is 125 Å². The summed E-state index contributed by atoms with van der Waals surface area (Å²) in [6, 6.07) is 36.3. The number of Topliss-reactive ketones (excluding diaryl/α,β-unsaturated/α-hetero) is 2. The third-order valence-electron chi connectivity index (χ3n) is 21.7. The van der Waals surface area contributed by atoms with Gasteiger partial charge in [-0.2, -0.15) is 0 Å². The van der Waals surface area contributed by atoms with Crippen LogP contribution in [0.15, 0.2) is 147 Å². The topological polar surface area (TPSA) is 224 Å². The largest absolute Gasteiger partial charge is 0.391 e. The molecule has 3 aliphatic heterocycles. The van der Waals surface area contributed by atoms with E-state index in [4.69, 9.17) is 16.3 Å². The van der Waals surface area contributed by atoms with Gasteiger partial charge in [0.15, 0.2) is 25.5 Å². The Morgan fingerprint density at radius 1 is 0.830 bits per heavy atom. The molecule has 6 atom stereocenters. The highest BCUT2D eigenvalue weighted by atomic mass is 35.5. The van der Waals surface area contributed by atoms with Crippen molar-refractivity contribution < 1.29 is 50.7 Å². The number of nitrogens with zero attached hydrogens (tertiary/aromatic N) is 6. The summed E-state index contributed by atoms with van der Waals surface area (Å²) >= 11 is 9.70. The second-order valence-corrected chi connectivity index (χ2v) is 37.6. The van der Waals surface area contributed by atoms with Gasteiger partial charge in [-0.3, -0.25) is 33.8 Å². The number of nitrogens with one attached hydrogen (secondary N) is 1. The molecule has 0 saturated carbocycles. The summed E-state index contributed by atoms with van der Waals surface area (Å²) in [6.45, 7) is 20.4. The number of halogens is 1. The monoisotopic (exact) mass is 1540 g/mol. The second kappa shape index (κ2) is 37.2. The number of ether oxygens (including phenoxy) is 1. The lowest BCUT2D eigenvalue weighted by Crippen LogP contribution is -2.50. The molecular weight excluding hydrogens is 1430 g/mol. The molecule has 572 valence electrons. The zero-order valence-electron chi connectivity index (χ0n) is 63.0. The first-order valence-electron chi connectivity index (χ1n) is 37.7. The summed E-state index contributed by atoms with van der Waals surface area (Å²) < 4.78 is 60.4. The molecule has 2 N–H and O–H groups in total. The SMILES string of the molecule is Cc1ncsc1-c1ccc([C@H](C)NC(=O)[C@@H]2C[C@@H](O)CN2C(=O)[C@@H](CC(=O)CCCCCCCC(=O)N(C)CC2(C)CCC(c3ccc(Cl)cc3)=C(CN3CCN(c4ccc(C(=O)CS(=O)(=O)c5ccc(C[C@H](CCN6CCOCC6)CSc6ccccc6)c(S(C)(=O)=O)c5)cc4)CC3)C2)C(C)(C)C)cc1. The first kappa shape index (κ1) is 81.9. The first-order chi connectivity index (χ1) is 50.5. The minimum atomic E-state index is -4.23. The number of hydrogen-bond donors (Lipinski definition) is 2. The van der Waals surface area contributed by atoms with Crippen LogP contribution in [0.2, 0.25) is 5.02 Å². The van der Waals surface area contributed by atoms with E-state index in [1.54, 1.807) is 41.3 Å². The van der Waals surface area contributed by atoms with E-state index < -0.39 is 54.7 Å². The number of hydrogen-bond acceptors (Lipinski definition) is 17. The number of likely N-dealkylation sites (tertiary alicyclic amines) is 1. The molecule has 3 saturated heterocycles. The van der Waals surface area contributed by atoms with Crippen LogP contribution in [0.1, 0.15) is 157 Å². The number of allylic oxidation sites excluding steroid dienone is 1. The van der Waals surface area contributed by atoms with Crippen molar-refractivity contribution >= 4 is 94.9 Å². The van der Waals surface area contributed by atoms with E-state index in [-0.39, 0.29) is 75.6 Å². The number of rotatable bonds is 34. The Morgan fingerprint density at radius 2 is 1.50 bits per heavy atom. The van der Waals surface area contributed by atoms with Crippen LogP contribution in [-0.2, 0) is 50.0 Å². The number of piperazine rings is 1. The van der Waals surface area contributed by atoms with Crippen molar-refractivity contribution in [3.8, 4) is 10.4 Å². The van der Waals surface area contributed by atoms with Crippen molar-refractivity contribution in [3.05, 3.63) is 165 Å². The van der Waals surface area contributed by atoms with E-state index >= 15 is 0 Å². The number of thioether (sulfide) groups is 1. The van der Waals surface area contributed by atoms with Gasteiger partial charge in [-0.25, -0.2) is 21.8 Å². The molecule has 0 bridgehead atoms. The van der Waals surface area contributed by atoms with Gasteiger partial charge in [-0.15, -0.1) is 23.1 Å². The molecule has 3 amide bonds. The molecule has 1 aliphatic carbocycles. The lowest BCUT2D eigenvalue weighted by atomic mass is 9.71. The molecule has 0 radical (unpaired) electrons. The summed E-state index contributed by atoms with van der Waals surface area (Å²) in [5.41, 5.74) is 9.60. The standard InChI is InChI=1S/C83H108ClN7O11S4/c1-58(61-21-23-64(24-22-61)79-59(2)85-57-104-79)86-80(96)75-49-70(93)53-91(75)81(97)74(82(3,4)5)48-69(92)17-13-10-9-11-16-20-78(95)87(7)56-83(6)37-35-73(62-25-30-67(84)31-26-62)66(51-83)52-89-39-41-90(42-40-89)68-32-27-63(28-33-68)76(94)55-106(100,101)72-34-29-65(77(50-72)105(8,98)99)47-60(36-38-88-43-45-102-46-44-88)54-103-71-18-14-12-15-19-71/h12,14-15,18-19,21-34,50,57-58,60,70,74-75,93H,9-11,13,16-17,20,35-49,51-56H2,1-8H3,(H,86,96)/t58-,60-,70+,74+,75-,83?/m0/s1. The lowest BCUT2D eigenvalue weighted by molar-refractivity contribution is -0.146. The number of aliphatic hydroxyl groups is 1. The van der Waals surface area contributed by atoms with Gasteiger partial charge in [-0.05, 0) is 171 Å². The number of ketones is 2. The highest BCUT2D eigenvalue weighted by Gasteiger charge is 2.45. The van der Waals surface area contributed by atoms with Gasteiger partial charge in [0.25, 0.3) is 0 Å². The van der Waals surface area contributed by atoms with Crippen LogP contribution in [0.4, 0.5) is 5.69 Å². The fourth-order valence-corrected chi connectivity index (χ4v) is 19.7. The number of β-amino-alcohol motifs (C(OH)–C–C–N with tert-alkyl or cyclic N) is 1. The average molecular weight is 1540 g/mol. The van der Waals surface area contributed by atoms with Crippen molar-refractivity contribution in [2.24, 2.45) is 22.7 Å². The van der Waals surface area contributed by atoms with Crippen molar-refractivity contribution in [3.63, 3.8) is 0 Å². The quantitative estimate of drug-likeness (QED) is 0.0218.